The minimum atomic E-state index is -1.49. The summed E-state index contributed by atoms with van der Waals surface area (Å²) in [6, 6.07) is 30.5. The van der Waals surface area contributed by atoms with E-state index in [0.29, 0.717) is 17.8 Å². The number of hydrogen-bond donors (Lipinski definition) is 0. The fourth-order valence-electron chi connectivity index (χ4n) is 5.52. The molecule has 1 aliphatic rings. The predicted molar refractivity (Wildman–Crippen MR) is 153 cm³/mol. The summed E-state index contributed by atoms with van der Waals surface area (Å²) in [5.74, 6) is 1.76. The van der Waals surface area contributed by atoms with Crippen LogP contribution < -0.4 is 20.5 Å². The summed E-state index contributed by atoms with van der Waals surface area (Å²) in [4.78, 5) is 0. The second-order valence-corrected chi connectivity index (χ2v) is 15.2. The Hall–Kier alpha value is -1.85. The molecule has 1 aromatic heterocycles. The second-order valence-electron chi connectivity index (χ2n) is 9.98. The summed E-state index contributed by atoms with van der Waals surface area (Å²) in [5.41, 5.74) is 0.272. The van der Waals surface area contributed by atoms with Gasteiger partial charge in [-0.1, -0.05) is 122 Å². The molecule has 4 atom stereocenters. The van der Waals surface area contributed by atoms with E-state index in [2.05, 4.69) is 106 Å². The van der Waals surface area contributed by atoms with E-state index in [9.17, 15) is 4.57 Å². The Bertz CT molecular complexity index is 1230. The van der Waals surface area contributed by atoms with Gasteiger partial charge in [-0.3, -0.25) is 0 Å². The van der Waals surface area contributed by atoms with Crippen LogP contribution in [-0.2, 0) is 4.57 Å². The van der Waals surface area contributed by atoms with Crippen LogP contribution in [0, 0.1) is 17.8 Å². The molecule has 0 amide bonds. The minimum Gasteiger partial charge on any atom is -0.0872 e. The molecule has 1 aliphatic carbocycles. The molecule has 0 radical (unpaired) electrons. The highest BCUT2D eigenvalue weighted by molar-refractivity contribution is 7.83. The van der Waals surface area contributed by atoms with Gasteiger partial charge in [0.25, 0.3) is 4.62 Å². The number of benzene rings is 3. The molecule has 174 valence electrons. The van der Waals surface area contributed by atoms with E-state index in [4.69, 9.17) is 0 Å². The zero-order chi connectivity index (χ0) is 23.7. The zero-order valence-electron chi connectivity index (χ0n) is 20.2. The SMILES string of the molecule is CC(C)[C@@H]1CC[C@@H](C)CC1[P+](=O)c1sc2ccccc2c1P(c1ccccc1)c1ccccc1. The maximum Gasteiger partial charge on any atom is 0.391 e. The molecule has 0 bridgehead atoms. The lowest BCUT2D eigenvalue weighted by Crippen LogP contribution is -2.34. The van der Waals surface area contributed by atoms with Gasteiger partial charge in [0.1, 0.15) is 0 Å². The van der Waals surface area contributed by atoms with Crippen molar-refractivity contribution in [2.75, 3.05) is 0 Å². The summed E-state index contributed by atoms with van der Waals surface area (Å²) in [6.07, 6.45) is 3.56. The second kappa shape index (κ2) is 10.4. The van der Waals surface area contributed by atoms with Crippen molar-refractivity contribution < 1.29 is 4.57 Å². The van der Waals surface area contributed by atoms with Crippen LogP contribution in [0.1, 0.15) is 40.0 Å². The van der Waals surface area contributed by atoms with Gasteiger partial charge in [-0.2, -0.15) is 0 Å². The van der Waals surface area contributed by atoms with E-state index in [-0.39, 0.29) is 5.66 Å². The maximum absolute atomic E-state index is 14.6. The van der Waals surface area contributed by atoms with Gasteiger partial charge in [0.2, 0.25) is 0 Å². The normalized spacial score (nSPS) is 21.3. The van der Waals surface area contributed by atoms with Crippen molar-refractivity contribution in [3.63, 3.8) is 0 Å². The van der Waals surface area contributed by atoms with Crippen LogP contribution in [0.2, 0.25) is 0 Å². The third kappa shape index (κ3) is 4.66. The Morgan fingerprint density at radius 3 is 2.06 bits per heavy atom. The van der Waals surface area contributed by atoms with Crippen molar-refractivity contribution in [1.82, 2.24) is 0 Å². The monoisotopic (exact) mass is 503 g/mol. The molecule has 4 heteroatoms. The molecule has 4 aromatic rings. The van der Waals surface area contributed by atoms with Crippen LogP contribution >= 0.6 is 27.1 Å². The standard InChI is InChI=1S/C30H33OP2S/c1-21(2)25-19-18-22(3)20-27(25)33(31)30-29(26-16-10-11-17-28(26)34-30)32(23-12-6-4-7-13-23)24-14-8-5-9-15-24/h4-17,21-22,25,27H,18-20H2,1-3H3/q+1/t22-,25+,27?/m1/s1. The molecule has 0 aliphatic heterocycles. The molecule has 0 N–H and O–H groups in total. The summed E-state index contributed by atoms with van der Waals surface area (Å²) < 4.78 is 17.0. The van der Waals surface area contributed by atoms with Crippen molar-refractivity contribution in [2.45, 2.75) is 45.7 Å². The van der Waals surface area contributed by atoms with Crippen molar-refractivity contribution in [3.8, 4) is 0 Å². The van der Waals surface area contributed by atoms with Crippen LogP contribution in [0.4, 0.5) is 0 Å². The molecule has 1 nitrogen and oxygen atoms in total. The van der Waals surface area contributed by atoms with Crippen LogP contribution in [0.5, 0.6) is 0 Å². The largest absolute Gasteiger partial charge is 0.391 e. The number of fused-ring (bicyclic) bond motifs is 1. The zero-order valence-corrected chi connectivity index (χ0v) is 22.8. The maximum atomic E-state index is 14.6. The molecular formula is C30H33OP2S+. The van der Waals surface area contributed by atoms with Crippen LogP contribution in [-0.4, -0.2) is 5.66 Å². The van der Waals surface area contributed by atoms with Crippen molar-refractivity contribution >= 4 is 57.7 Å². The number of thiophene rings is 1. The van der Waals surface area contributed by atoms with Gasteiger partial charge in [0.05, 0.1) is 5.30 Å². The lowest BCUT2D eigenvalue weighted by Gasteiger charge is -2.31. The van der Waals surface area contributed by atoms with E-state index in [0.717, 1.165) is 11.0 Å². The first-order valence-electron chi connectivity index (χ1n) is 12.4. The first kappa shape index (κ1) is 23.9. The Morgan fingerprint density at radius 1 is 0.853 bits per heavy atom. The Labute approximate surface area is 210 Å². The topological polar surface area (TPSA) is 17.1 Å². The van der Waals surface area contributed by atoms with Crippen molar-refractivity contribution in [2.24, 2.45) is 17.8 Å². The quantitative estimate of drug-likeness (QED) is 0.248. The summed E-state index contributed by atoms with van der Waals surface area (Å²) in [6.45, 7) is 6.99. The highest BCUT2D eigenvalue weighted by atomic mass is 32.1. The first-order valence-corrected chi connectivity index (χ1v) is 15.9. The lowest BCUT2D eigenvalue weighted by atomic mass is 9.77. The van der Waals surface area contributed by atoms with Gasteiger partial charge < -0.3 is 0 Å². The first-order chi connectivity index (χ1) is 16.5. The Morgan fingerprint density at radius 2 is 1.44 bits per heavy atom. The molecule has 0 spiro atoms. The van der Waals surface area contributed by atoms with Crippen molar-refractivity contribution in [3.05, 3.63) is 84.9 Å². The van der Waals surface area contributed by atoms with Crippen LogP contribution in [0.25, 0.3) is 10.1 Å². The molecular weight excluding hydrogens is 470 g/mol. The molecule has 34 heavy (non-hydrogen) atoms. The van der Waals surface area contributed by atoms with E-state index < -0.39 is 15.7 Å². The van der Waals surface area contributed by atoms with Crippen LogP contribution in [0.3, 0.4) is 0 Å². The molecule has 5 rings (SSSR count). The highest BCUT2D eigenvalue weighted by Gasteiger charge is 2.47. The molecule has 0 saturated heterocycles. The fourth-order valence-corrected chi connectivity index (χ4v) is 12.9. The molecule has 3 aromatic carbocycles. The van der Waals surface area contributed by atoms with Crippen LogP contribution in [0.15, 0.2) is 84.9 Å². The van der Waals surface area contributed by atoms with Gasteiger partial charge in [-0.15, -0.1) is 0 Å². The van der Waals surface area contributed by atoms with E-state index in [1.165, 1.54) is 38.8 Å². The Balaban J connectivity index is 1.72. The van der Waals surface area contributed by atoms with E-state index in [1.807, 2.05) is 0 Å². The van der Waals surface area contributed by atoms with E-state index >= 15 is 0 Å². The van der Waals surface area contributed by atoms with Gasteiger partial charge in [0.15, 0.2) is 5.66 Å². The fraction of sp³-hybridized carbons (Fsp3) is 0.333. The van der Waals surface area contributed by atoms with Crippen molar-refractivity contribution in [1.29, 1.82) is 0 Å². The van der Waals surface area contributed by atoms with Gasteiger partial charge in [0, 0.05) is 16.0 Å². The summed E-state index contributed by atoms with van der Waals surface area (Å²) >= 11 is 1.79. The summed E-state index contributed by atoms with van der Waals surface area (Å²) in [5, 5.41) is 5.27. The molecule has 2 unspecified atom stereocenters. The minimum absolute atomic E-state index is 0.272. The molecule has 1 fully saturated rings. The van der Waals surface area contributed by atoms with E-state index in [1.54, 1.807) is 11.3 Å². The predicted octanol–water partition coefficient (Wildman–Crippen LogP) is 7.57. The lowest BCUT2D eigenvalue weighted by molar-refractivity contribution is 0.239. The van der Waals surface area contributed by atoms with Gasteiger partial charge in [-0.25, -0.2) is 0 Å². The average molecular weight is 504 g/mol. The highest BCUT2D eigenvalue weighted by Crippen LogP contribution is 2.49. The number of rotatable bonds is 6. The molecule has 1 heterocycles. The van der Waals surface area contributed by atoms with Gasteiger partial charge in [-0.05, 0) is 49.3 Å². The third-order valence-corrected chi connectivity index (χ3v) is 13.8. The molecule has 1 saturated carbocycles. The smallest absolute Gasteiger partial charge is 0.0872 e. The Kier molecular flexibility index (Phi) is 7.31. The van der Waals surface area contributed by atoms with Gasteiger partial charge >= 0.3 is 7.80 Å². The number of hydrogen-bond acceptors (Lipinski definition) is 2. The third-order valence-electron chi connectivity index (χ3n) is 7.29. The average Bonchev–Trinajstić information content (AvgIpc) is 3.24. The summed E-state index contributed by atoms with van der Waals surface area (Å²) in [7, 11) is -2.29.